The summed E-state index contributed by atoms with van der Waals surface area (Å²) < 4.78 is 28.9. The monoisotopic (exact) mass is 541 g/mol. The molecule has 2 amide bonds. The van der Waals surface area contributed by atoms with Gasteiger partial charge in [0.2, 0.25) is 11.8 Å². The Morgan fingerprint density at radius 3 is 2.19 bits per heavy atom. The molecule has 0 aromatic heterocycles. The third kappa shape index (κ3) is 6.50. The van der Waals surface area contributed by atoms with Gasteiger partial charge in [0.05, 0.1) is 10.6 Å². The Morgan fingerprint density at radius 2 is 1.59 bits per heavy atom. The molecule has 1 N–H and O–H groups in total. The van der Waals surface area contributed by atoms with Crippen LogP contribution < -0.4 is 9.62 Å². The van der Waals surface area contributed by atoms with E-state index in [1.54, 1.807) is 37.3 Å². The summed E-state index contributed by atoms with van der Waals surface area (Å²) in [6, 6.07) is 19.9. The number of carbonyl (C=O) groups excluding carboxylic acids is 2. The van der Waals surface area contributed by atoms with Crippen LogP contribution in [0.15, 0.2) is 77.7 Å². The van der Waals surface area contributed by atoms with E-state index in [2.05, 4.69) is 5.32 Å². The topological polar surface area (TPSA) is 86.8 Å². The third-order valence-corrected chi connectivity index (χ3v) is 8.41. The van der Waals surface area contributed by atoms with E-state index in [1.165, 1.54) is 24.1 Å². The minimum absolute atomic E-state index is 0.0539. The molecule has 1 atom stereocenters. The number of carbonyl (C=O) groups is 2. The van der Waals surface area contributed by atoms with Crippen molar-refractivity contribution < 1.29 is 18.0 Å². The van der Waals surface area contributed by atoms with Gasteiger partial charge in [-0.3, -0.25) is 13.9 Å². The second kappa shape index (κ2) is 12.3. The second-order valence-corrected chi connectivity index (χ2v) is 11.0. The van der Waals surface area contributed by atoms with Crippen LogP contribution in [0.1, 0.15) is 30.0 Å². The lowest BCUT2D eigenvalue weighted by molar-refractivity contribution is -0.140. The fourth-order valence-electron chi connectivity index (χ4n) is 4.08. The second-order valence-electron chi connectivity index (χ2n) is 8.75. The average Bonchev–Trinajstić information content (AvgIpc) is 2.89. The fourth-order valence-corrected chi connectivity index (χ4v) is 5.72. The van der Waals surface area contributed by atoms with E-state index in [4.69, 9.17) is 11.6 Å². The summed E-state index contributed by atoms with van der Waals surface area (Å²) in [5.74, 6) is -0.826. The molecular formula is C28H32ClN3O4S. The summed E-state index contributed by atoms with van der Waals surface area (Å²) in [5.41, 5.74) is 2.56. The highest BCUT2D eigenvalue weighted by atomic mass is 35.5. The quantitative estimate of drug-likeness (QED) is 0.403. The number of anilines is 1. The van der Waals surface area contributed by atoms with Gasteiger partial charge in [0.25, 0.3) is 10.0 Å². The number of halogens is 1. The molecule has 0 heterocycles. The molecule has 7 nitrogen and oxygen atoms in total. The number of likely N-dealkylation sites (N-methyl/N-ethyl adjacent to an activating group) is 1. The van der Waals surface area contributed by atoms with E-state index in [0.29, 0.717) is 22.7 Å². The molecule has 0 bridgehead atoms. The van der Waals surface area contributed by atoms with Crippen LogP contribution in [0, 0.1) is 13.8 Å². The predicted octanol–water partition coefficient (Wildman–Crippen LogP) is 4.71. The molecule has 9 heteroatoms. The number of aryl methyl sites for hydroxylation is 1. The van der Waals surface area contributed by atoms with Crippen molar-refractivity contribution in [1.82, 2.24) is 10.2 Å². The molecule has 0 unspecified atom stereocenters. The maximum Gasteiger partial charge on any atom is 0.264 e. The van der Waals surface area contributed by atoms with Gasteiger partial charge in [0.15, 0.2) is 0 Å². The van der Waals surface area contributed by atoms with Gasteiger partial charge >= 0.3 is 0 Å². The summed E-state index contributed by atoms with van der Waals surface area (Å²) in [6.07, 6.45) is 0.360. The van der Waals surface area contributed by atoms with Gasteiger partial charge in [-0.15, -0.1) is 0 Å². The molecule has 3 aromatic rings. The van der Waals surface area contributed by atoms with Crippen LogP contribution in [-0.4, -0.2) is 44.8 Å². The predicted molar refractivity (Wildman–Crippen MR) is 147 cm³/mol. The Morgan fingerprint density at radius 1 is 0.946 bits per heavy atom. The smallest absolute Gasteiger partial charge is 0.264 e. The van der Waals surface area contributed by atoms with Crippen molar-refractivity contribution >= 4 is 39.1 Å². The van der Waals surface area contributed by atoms with Crippen LogP contribution in [-0.2, 0) is 26.2 Å². The number of hydrogen-bond acceptors (Lipinski definition) is 4. The van der Waals surface area contributed by atoms with Crippen LogP contribution in [0.4, 0.5) is 5.69 Å². The highest BCUT2D eigenvalue weighted by Gasteiger charge is 2.34. The summed E-state index contributed by atoms with van der Waals surface area (Å²) >= 11 is 6.34. The normalized spacial score (nSPS) is 12.0. The molecule has 0 spiro atoms. The molecule has 0 radical (unpaired) electrons. The third-order valence-electron chi connectivity index (χ3n) is 6.22. The van der Waals surface area contributed by atoms with Crippen LogP contribution in [0.25, 0.3) is 0 Å². The zero-order valence-electron chi connectivity index (χ0n) is 21.4. The SMILES string of the molecule is CC[C@H](C(=O)NC)N(Cc1ccccc1)C(=O)CN(c1cccc(Cl)c1C)S(=O)(=O)c1ccc(C)cc1. The molecule has 0 saturated carbocycles. The van der Waals surface area contributed by atoms with Gasteiger partial charge in [-0.05, 0) is 55.7 Å². The number of nitrogens with one attached hydrogen (secondary N) is 1. The maximum atomic E-state index is 13.9. The van der Waals surface area contributed by atoms with E-state index < -0.39 is 28.5 Å². The first-order valence-electron chi connectivity index (χ1n) is 12.0. The van der Waals surface area contributed by atoms with Crippen molar-refractivity contribution in [2.75, 3.05) is 17.9 Å². The maximum absolute atomic E-state index is 13.9. The van der Waals surface area contributed by atoms with Crippen molar-refractivity contribution in [3.8, 4) is 0 Å². The number of benzene rings is 3. The Kier molecular flexibility index (Phi) is 9.34. The van der Waals surface area contributed by atoms with E-state index in [-0.39, 0.29) is 17.3 Å². The van der Waals surface area contributed by atoms with Gasteiger partial charge in [-0.2, -0.15) is 0 Å². The van der Waals surface area contributed by atoms with Gasteiger partial charge in [-0.25, -0.2) is 8.42 Å². The zero-order valence-corrected chi connectivity index (χ0v) is 23.0. The molecule has 0 aliphatic rings. The first-order valence-corrected chi connectivity index (χ1v) is 13.8. The van der Waals surface area contributed by atoms with Crippen molar-refractivity contribution in [3.63, 3.8) is 0 Å². The first-order chi connectivity index (χ1) is 17.6. The van der Waals surface area contributed by atoms with Gasteiger partial charge in [0, 0.05) is 18.6 Å². The number of nitrogens with zero attached hydrogens (tertiary/aromatic N) is 2. The van der Waals surface area contributed by atoms with Crippen LogP contribution in [0.2, 0.25) is 5.02 Å². The molecular weight excluding hydrogens is 510 g/mol. The van der Waals surface area contributed by atoms with E-state index in [9.17, 15) is 18.0 Å². The molecule has 3 rings (SSSR count). The Balaban J connectivity index is 2.10. The Hall–Kier alpha value is -3.36. The first kappa shape index (κ1) is 28.2. The lowest BCUT2D eigenvalue weighted by atomic mass is 10.1. The summed E-state index contributed by atoms with van der Waals surface area (Å²) in [5, 5.41) is 3.00. The summed E-state index contributed by atoms with van der Waals surface area (Å²) in [6.45, 7) is 5.04. The van der Waals surface area contributed by atoms with Gasteiger partial charge < -0.3 is 10.2 Å². The fraction of sp³-hybridized carbons (Fsp3) is 0.286. The molecule has 3 aromatic carbocycles. The van der Waals surface area contributed by atoms with E-state index in [0.717, 1.165) is 15.4 Å². The number of hydrogen-bond donors (Lipinski definition) is 1. The summed E-state index contributed by atoms with van der Waals surface area (Å²) in [4.78, 5) is 28.1. The van der Waals surface area contributed by atoms with E-state index >= 15 is 0 Å². The number of amides is 2. The van der Waals surface area contributed by atoms with Crippen LogP contribution >= 0.6 is 11.6 Å². The molecule has 0 aliphatic carbocycles. The zero-order chi connectivity index (χ0) is 27.2. The summed E-state index contributed by atoms with van der Waals surface area (Å²) in [7, 11) is -2.63. The highest BCUT2D eigenvalue weighted by molar-refractivity contribution is 7.92. The average molecular weight is 542 g/mol. The lowest BCUT2D eigenvalue weighted by Crippen LogP contribution is -2.51. The molecule has 0 saturated heterocycles. The molecule has 0 aliphatic heterocycles. The lowest BCUT2D eigenvalue weighted by Gasteiger charge is -2.33. The minimum Gasteiger partial charge on any atom is -0.357 e. The van der Waals surface area contributed by atoms with Crippen molar-refractivity contribution in [2.24, 2.45) is 0 Å². The number of rotatable bonds is 10. The van der Waals surface area contributed by atoms with Crippen LogP contribution in [0.5, 0.6) is 0 Å². The van der Waals surface area contributed by atoms with Gasteiger partial charge in [0.1, 0.15) is 12.6 Å². The standard InChI is InChI=1S/C28H32ClN3O4S/c1-5-25(28(34)30-4)31(18-22-10-7-6-8-11-22)27(33)19-32(26-13-9-12-24(29)21(26)3)37(35,36)23-16-14-20(2)15-17-23/h6-17,25H,5,18-19H2,1-4H3,(H,30,34)/t25-/m1/s1. The van der Waals surface area contributed by atoms with Crippen molar-refractivity contribution in [2.45, 2.75) is 44.7 Å². The Bertz CT molecular complexity index is 1350. The minimum atomic E-state index is -4.14. The van der Waals surface area contributed by atoms with Gasteiger partial charge in [-0.1, -0.05) is 72.6 Å². The van der Waals surface area contributed by atoms with Crippen molar-refractivity contribution in [1.29, 1.82) is 0 Å². The molecule has 0 fully saturated rings. The highest BCUT2D eigenvalue weighted by Crippen LogP contribution is 2.31. The Labute approximate surface area is 224 Å². The van der Waals surface area contributed by atoms with Crippen LogP contribution in [0.3, 0.4) is 0 Å². The number of sulfonamides is 1. The van der Waals surface area contributed by atoms with E-state index in [1.807, 2.05) is 44.2 Å². The molecule has 196 valence electrons. The van der Waals surface area contributed by atoms with Crippen molar-refractivity contribution in [3.05, 3.63) is 94.5 Å². The molecule has 37 heavy (non-hydrogen) atoms. The largest absolute Gasteiger partial charge is 0.357 e.